The Kier molecular flexibility index (Phi) is 8.74. The maximum atomic E-state index is 4.81. The van der Waals surface area contributed by atoms with E-state index in [1.165, 1.54) is 49.7 Å². The SMILES string of the molecule is Cc1nc(CNCCC2CCCCC2)ccc1-c1ccc2nc[nH]c2c1.Cl.Cl. The van der Waals surface area contributed by atoms with E-state index in [1.807, 2.05) is 0 Å². The zero-order chi connectivity index (χ0) is 17.8. The van der Waals surface area contributed by atoms with Crippen LogP contribution < -0.4 is 5.32 Å². The van der Waals surface area contributed by atoms with Crippen molar-refractivity contribution in [1.29, 1.82) is 0 Å². The van der Waals surface area contributed by atoms with Crippen LogP contribution in [0.3, 0.4) is 0 Å². The molecule has 1 aliphatic rings. The molecule has 3 aromatic rings. The third-order valence-electron chi connectivity index (χ3n) is 5.63. The van der Waals surface area contributed by atoms with Crippen molar-refractivity contribution < 1.29 is 0 Å². The summed E-state index contributed by atoms with van der Waals surface area (Å²) in [6.45, 7) is 4.05. The lowest BCUT2D eigenvalue weighted by atomic mass is 9.87. The number of H-pyrrole nitrogens is 1. The number of hydrogen-bond donors (Lipinski definition) is 2. The van der Waals surface area contributed by atoms with Crippen molar-refractivity contribution in [3.8, 4) is 11.1 Å². The minimum atomic E-state index is 0. The number of aromatic nitrogens is 3. The fourth-order valence-electron chi connectivity index (χ4n) is 4.12. The summed E-state index contributed by atoms with van der Waals surface area (Å²) in [6, 6.07) is 10.7. The third-order valence-corrected chi connectivity index (χ3v) is 5.63. The Morgan fingerprint density at radius 1 is 1.07 bits per heavy atom. The van der Waals surface area contributed by atoms with Gasteiger partial charge in [0, 0.05) is 17.8 Å². The first-order valence-corrected chi connectivity index (χ1v) is 9.90. The quantitative estimate of drug-likeness (QED) is 0.492. The number of aryl methyl sites for hydroxylation is 1. The molecule has 4 rings (SSSR count). The van der Waals surface area contributed by atoms with Gasteiger partial charge in [0.2, 0.25) is 0 Å². The number of fused-ring (bicyclic) bond motifs is 1. The van der Waals surface area contributed by atoms with Crippen molar-refractivity contribution in [2.45, 2.75) is 52.0 Å². The van der Waals surface area contributed by atoms with Crippen LogP contribution >= 0.6 is 24.8 Å². The van der Waals surface area contributed by atoms with Crippen molar-refractivity contribution in [3.05, 3.63) is 48.0 Å². The lowest BCUT2D eigenvalue weighted by molar-refractivity contribution is 0.333. The van der Waals surface area contributed by atoms with Crippen LogP contribution in [0.2, 0.25) is 0 Å². The van der Waals surface area contributed by atoms with E-state index in [0.717, 1.165) is 41.4 Å². The molecule has 2 N–H and O–H groups in total. The van der Waals surface area contributed by atoms with Crippen LogP contribution in [0.5, 0.6) is 0 Å². The summed E-state index contributed by atoms with van der Waals surface area (Å²) in [6.07, 6.45) is 10.2. The van der Waals surface area contributed by atoms with Gasteiger partial charge in [-0.2, -0.15) is 0 Å². The highest BCUT2D eigenvalue weighted by Crippen LogP contribution is 2.26. The number of halogens is 2. The second-order valence-corrected chi connectivity index (χ2v) is 7.54. The molecule has 0 spiro atoms. The summed E-state index contributed by atoms with van der Waals surface area (Å²) in [5.41, 5.74) is 6.64. The molecule has 0 unspecified atom stereocenters. The summed E-state index contributed by atoms with van der Waals surface area (Å²) in [4.78, 5) is 12.3. The largest absolute Gasteiger partial charge is 0.345 e. The van der Waals surface area contributed by atoms with Crippen LogP contribution in [0.1, 0.15) is 49.9 Å². The van der Waals surface area contributed by atoms with Crippen LogP contribution in [0.15, 0.2) is 36.7 Å². The average Bonchev–Trinajstić information content (AvgIpc) is 3.14. The van der Waals surface area contributed by atoms with E-state index in [2.05, 4.69) is 52.5 Å². The minimum Gasteiger partial charge on any atom is -0.345 e. The molecule has 1 saturated carbocycles. The maximum absolute atomic E-state index is 4.81. The molecule has 0 aliphatic heterocycles. The van der Waals surface area contributed by atoms with Gasteiger partial charge in [-0.05, 0) is 49.6 Å². The highest BCUT2D eigenvalue weighted by atomic mass is 35.5. The second-order valence-electron chi connectivity index (χ2n) is 7.54. The molecule has 1 fully saturated rings. The molecule has 0 bridgehead atoms. The zero-order valence-corrected chi connectivity index (χ0v) is 18.0. The summed E-state index contributed by atoms with van der Waals surface area (Å²) >= 11 is 0. The fourth-order valence-corrected chi connectivity index (χ4v) is 4.12. The molecule has 1 aromatic carbocycles. The smallest absolute Gasteiger partial charge is 0.0931 e. The van der Waals surface area contributed by atoms with E-state index < -0.39 is 0 Å². The van der Waals surface area contributed by atoms with Gasteiger partial charge in [0.25, 0.3) is 0 Å². The van der Waals surface area contributed by atoms with Gasteiger partial charge < -0.3 is 10.3 Å². The number of nitrogens with one attached hydrogen (secondary N) is 2. The van der Waals surface area contributed by atoms with Crippen LogP contribution in [0, 0.1) is 12.8 Å². The van der Waals surface area contributed by atoms with Crippen LogP contribution in [-0.4, -0.2) is 21.5 Å². The predicted octanol–water partition coefficient (Wildman–Crippen LogP) is 5.84. The van der Waals surface area contributed by atoms with Gasteiger partial charge in [0.1, 0.15) is 0 Å². The van der Waals surface area contributed by atoms with Crippen LogP contribution in [0.4, 0.5) is 0 Å². The number of aromatic amines is 1. The van der Waals surface area contributed by atoms with E-state index in [4.69, 9.17) is 4.98 Å². The average molecular weight is 421 g/mol. The molecule has 0 radical (unpaired) electrons. The van der Waals surface area contributed by atoms with Crippen molar-refractivity contribution >= 4 is 35.8 Å². The van der Waals surface area contributed by atoms with Crippen molar-refractivity contribution in [3.63, 3.8) is 0 Å². The molecule has 0 atom stereocenters. The molecule has 28 heavy (non-hydrogen) atoms. The van der Waals surface area contributed by atoms with Gasteiger partial charge in [-0.1, -0.05) is 44.2 Å². The van der Waals surface area contributed by atoms with Crippen molar-refractivity contribution in [1.82, 2.24) is 20.3 Å². The third kappa shape index (κ3) is 5.47. The lowest BCUT2D eigenvalue weighted by Gasteiger charge is -2.21. The van der Waals surface area contributed by atoms with Gasteiger partial charge >= 0.3 is 0 Å². The number of hydrogen-bond acceptors (Lipinski definition) is 3. The van der Waals surface area contributed by atoms with E-state index in [0.29, 0.717) is 0 Å². The Morgan fingerprint density at radius 2 is 1.89 bits per heavy atom. The number of imidazole rings is 1. The van der Waals surface area contributed by atoms with Gasteiger partial charge in [0.15, 0.2) is 0 Å². The Balaban J connectivity index is 0.00000140. The number of rotatable bonds is 6. The van der Waals surface area contributed by atoms with Gasteiger partial charge in [-0.15, -0.1) is 24.8 Å². The van der Waals surface area contributed by atoms with Crippen LogP contribution in [-0.2, 0) is 6.54 Å². The molecule has 4 nitrogen and oxygen atoms in total. The molecule has 6 heteroatoms. The van der Waals surface area contributed by atoms with Gasteiger partial charge in [-0.25, -0.2) is 4.98 Å². The van der Waals surface area contributed by atoms with Crippen molar-refractivity contribution in [2.75, 3.05) is 6.54 Å². The standard InChI is InChI=1S/C22H28N4.2ClH/c1-16-20(18-7-10-21-22(13-18)25-15-24-21)9-8-19(26-16)14-23-12-11-17-5-3-2-4-6-17;;/h7-10,13,15,17,23H,2-6,11-12,14H2,1H3,(H,24,25);2*1H. The minimum absolute atomic E-state index is 0. The normalized spacial score (nSPS) is 14.5. The van der Waals surface area contributed by atoms with E-state index in [-0.39, 0.29) is 24.8 Å². The molecular weight excluding hydrogens is 391 g/mol. The number of benzene rings is 1. The highest BCUT2D eigenvalue weighted by Gasteiger charge is 2.12. The first-order valence-electron chi connectivity index (χ1n) is 9.90. The van der Waals surface area contributed by atoms with Crippen LogP contribution in [0.25, 0.3) is 22.2 Å². The van der Waals surface area contributed by atoms with Gasteiger partial charge in [0.05, 0.1) is 23.1 Å². The summed E-state index contributed by atoms with van der Waals surface area (Å²) in [7, 11) is 0. The predicted molar refractivity (Wildman–Crippen MR) is 121 cm³/mol. The van der Waals surface area contributed by atoms with E-state index >= 15 is 0 Å². The second kappa shape index (κ2) is 10.8. The summed E-state index contributed by atoms with van der Waals surface area (Å²) in [5, 5.41) is 3.58. The Morgan fingerprint density at radius 3 is 2.68 bits per heavy atom. The first-order chi connectivity index (χ1) is 12.8. The molecule has 0 saturated heterocycles. The Labute approximate surface area is 179 Å². The molecule has 1 aliphatic carbocycles. The molecule has 0 amide bonds. The van der Waals surface area contributed by atoms with E-state index in [1.54, 1.807) is 6.33 Å². The first kappa shape index (κ1) is 22.7. The Bertz CT molecular complexity index is 872. The monoisotopic (exact) mass is 420 g/mol. The zero-order valence-electron chi connectivity index (χ0n) is 16.4. The van der Waals surface area contributed by atoms with E-state index in [9.17, 15) is 0 Å². The molecule has 152 valence electrons. The maximum Gasteiger partial charge on any atom is 0.0931 e. The number of pyridine rings is 1. The fraction of sp³-hybridized carbons (Fsp3) is 0.455. The van der Waals surface area contributed by atoms with Gasteiger partial charge in [-0.3, -0.25) is 4.98 Å². The molecule has 2 heterocycles. The topological polar surface area (TPSA) is 53.6 Å². The Hall–Kier alpha value is -1.62. The molecular formula is C22H30Cl2N4. The number of nitrogens with zero attached hydrogens (tertiary/aromatic N) is 2. The highest BCUT2D eigenvalue weighted by molar-refractivity contribution is 5.85. The summed E-state index contributed by atoms with van der Waals surface area (Å²) < 4.78 is 0. The molecule has 2 aromatic heterocycles. The summed E-state index contributed by atoms with van der Waals surface area (Å²) in [5.74, 6) is 0.936. The lowest BCUT2D eigenvalue weighted by Crippen LogP contribution is -2.19. The van der Waals surface area contributed by atoms with Crippen molar-refractivity contribution in [2.24, 2.45) is 5.92 Å².